The van der Waals surface area contributed by atoms with Crippen LogP contribution in [-0.2, 0) is 4.79 Å². The van der Waals surface area contributed by atoms with Crippen LogP contribution in [-0.4, -0.2) is 16.8 Å². The first-order valence-corrected chi connectivity index (χ1v) is 8.95. The van der Waals surface area contributed by atoms with Crippen molar-refractivity contribution in [2.24, 2.45) is 0 Å². The quantitative estimate of drug-likeness (QED) is 0.493. The van der Waals surface area contributed by atoms with Crippen molar-refractivity contribution >= 4 is 27.4 Å². The van der Waals surface area contributed by atoms with E-state index in [4.69, 9.17) is 0 Å². The van der Waals surface area contributed by atoms with Gasteiger partial charge in [-0.05, 0) is 26.2 Å². The van der Waals surface area contributed by atoms with E-state index >= 15 is 0 Å². The predicted molar refractivity (Wildman–Crippen MR) is 80.3 cm³/mol. The number of Topliss-reactive ketones (excluding diaryl/α,β-unsaturated/α-hetero) is 1. The van der Waals surface area contributed by atoms with Gasteiger partial charge in [-0.2, -0.15) is 0 Å². The lowest BCUT2D eigenvalue weighted by atomic mass is 10.1. The fourth-order valence-corrected chi connectivity index (χ4v) is 4.34. The number of unbranched alkanes of at least 4 members (excludes halogenated alkanes) is 1. The Morgan fingerprint density at radius 1 is 1.19 bits per heavy atom. The molecule has 0 bridgehead atoms. The van der Waals surface area contributed by atoms with Crippen molar-refractivity contribution in [2.45, 2.75) is 72.0 Å². The maximum Gasteiger partial charge on any atom is 0.129 e. The van der Waals surface area contributed by atoms with Gasteiger partial charge in [0.2, 0.25) is 0 Å². The Bertz CT molecular complexity index is 143. The van der Waals surface area contributed by atoms with Gasteiger partial charge < -0.3 is 4.79 Å². The van der Waals surface area contributed by atoms with Crippen molar-refractivity contribution in [1.29, 1.82) is 0 Å². The second-order valence-electron chi connectivity index (χ2n) is 3.28. The van der Waals surface area contributed by atoms with E-state index in [-0.39, 0.29) is 0 Å². The molecule has 1 fully saturated rings. The first kappa shape index (κ1) is 18.7. The van der Waals surface area contributed by atoms with Crippen LogP contribution < -0.4 is 0 Å². The zero-order valence-electron chi connectivity index (χ0n) is 11.5. The summed E-state index contributed by atoms with van der Waals surface area (Å²) in [6.45, 7) is 9.68. The molecule has 3 heteroatoms. The summed E-state index contributed by atoms with van der Waals surface area (Å²) >= 11 is 0. The highest BCUT2D eigenvalue weighted by atomic mass is 33.1. The van der Waals surface area contributed by atoms with E-state index in [1.54, 1.807) is 6.92 Å². The molecule has 0 radical (unpaired) electrons. The molecule has 1 saturated heterocycles. The van der Waals surface area contributed by atoms with E-state index in [1.807, 2.05) is 49.3 Å². The number of carbonyl (C=O) groups excluding carboxylic acids is 1. The molecule has 1 atom stereocenters. The second kappa shape index (κ2) is 15.4. The van der Waals surface area contributed by atoms with E-state index in [9.17, 15) is 4.79 Å². The lowest BCUT2D eigenvalue weighted by molar-refractivity contribution is -0.117. The SMILES string of the molecule is CC.CC.CC(=O)CCCC[C@@H]1CCSS1. The van der Waals surface area contributed by atoms with Gasteiger partial charge in [-0.1, -0.05) is 55.7 Å². The second-order valence-corrected chi connectivity index (χ2v) is 6.06. The summed E-state index contributed by atoms with van der Waals surface area (Å²) in [5.74, 6) is 1.66. The Balaban J connectivity index is 0. The van der Waals surface area contributed by atoms with Gasteiger partial charge in [0.15, 0.2) is 0 Å². The number of hydrogen-bond acceptors (Lipinski definition) is 3. The van der Waals surface area contributed by atoms with Crippen LogP contribution in [0.5, 0.6) is 0 Å². The predicted octanol–water partition coefficient (Wildman–Crippen LogP) is 5.34. The minimum absolute atomic E-state index is 0.337. The topological polar surface area (TPSA) is 17.1 Å². The monoisotopic (exact) mass is 264 g/mol. The lowest BCUT2D eigenvalue weighted by Gasteiger charge is -2.05. The Labute approximate surface area is 110 Å². The highest BCUT2D eigenvalue weighted by Gasteiger charge is 2.15. The smallest absolute Gasteiger partial charge is 0.129 e. The highest BCUT2D eigenvalue weighted by Crippen LogP contribution is 2.39. The van der Waals surface area contributed by atoms with Crippen LogP contribution in [0, 0.1) is 0 Å². The summed E-state index contributed by atoms with van der Waals surface area (Å²) in [7, 11) is 4.03. The summed E-state index contributed by atoms with van der Waals surface area (Å²) in [6, 6.07) is 0. The van der Waals surface area contributed by atoms with E-state index in [0.717, 1.165) is 18.1 Å². The maximum absolute atomic E-state index is 10.6. The molecule has 1 rings (SSSR count). The highest BCUT2D eigenvalue weighted by molar-refractivity contribution is 8.77. The molecule has 98 valence electrons. The lowest BCUT2D eigenvalue weighted by Crippen LogP contribution is -1.98. The normalized spacial score (nSPS) is 17.9. The molecule has 1 aliphatic heterocycles. The fourth-order valence-electron chi connectivity index (χ4n) is 1.31. The minimum atomic E-state index is 0.337. The summed E-state index contributed by atoms with van der Waals surface area (Å²) < 4.78 is 0. The first-order chi connectivity index (χ1) is 7.79. The molecule has 0 saturated carbocycles. The van der Waals surface area contributed by atoms with Gasteiger partial charge in [0, 0.05) is 17.4 Å². The Kier molecular flexibility index (Phi) is 18.0. The van der Waals surface area contributed by atoms with Gasteiger partial charge in [0.1, 0.15) is 5.78 Å². The third kappa shape index (κ3) is 12.4. The largest absolute Gasteiger partial charge is 0.300 e. The van der Waals surface area contributed by atoms with Crippen molar-refractivity contribution in [1.82, 2.24) is 0 Å². The molecule has 0 aromatic rings. The Hall–Kier alpha value is 0.370. The van der Waals surface area contributed by atoms with Crippen molar-refractivity contribution in [3.63, 3.8) is 0 Å². The van der Waals surface area contributed by atoms with E-state index < -0.39 is 0 Å². The average Bonchev–Trinajstić information content (AvgIpc) is 2.83. The van der Waals surface area contributed by atoms with Crippen molar-refractivity contribution < 1.29 is 4.79 Å². The van der Waals surface area contributed by atoms with Gasteiger partial charge in [-0.3, -0.25) is 0 Å². The van der Waals surface area contributed by atoms with Crippen LogP contribution in [0.15, 0.2) is 0 Å². The van der Waals surface area contributed by atoms with Crippen molar-refractivity contribution in [2.75, 3.05) is 5.75 Å². The summed E-state index contributed by atoms with van der Waals surface area (Å²) in [5.41, 5.74) is 0. The molecule has 0 unspecified atom stereocenters. The summed E-state index contributed by atoms with van der Waals surface area (Å²) in [4.78, 5) is 10.6. The van der Waals surface area contributed by atoms with E-state index in [0.29, 0.717) is 5.78 Å². The Morgan fingerprint density at radius 3 is 2.25 bits per heavy atom. The number of rotatable bonds is 5. The van der Waals surface area contributed by atoms with Crippen LogP contribution in [0.1, 0.15) is 66.7 Å². The number of hydrogen-bond donors (Lipinski definition) is 0. The fraction of sp³-hybridized carbons (Fsp3) is 0.923. The maximum atomic E-state index is 10.6. The molecule has 1 heterocycles. The average molecular weight is 264 g/mol. The Morgan fingerprint density at radius 2 is 1.81 bits per heavy atom. The standard InChI is InChI=1S/C9H16OS2.2C2H6/c1-8(10)4-2-3-5-9-6-7-11-12-9;2*1-2/h9H,2-7H2,1H3;2*1-2H3/t9-;;/m1../s1. The molecule has 16 heavy (non-hydrogen) atoms. The van der Waals surface area contributed by atoms with Crippen LogP contribution in [0.25, 0.3) is 0 Å². The zero-order valence-corrected chi connectivity index (χ0v) is 13.2. The van der Waals surface area contributed by atoms with E-state index in [2.05, 4.69) is 0 Å². The molecule has 0 aliphatic carbocycles. The zero-order chi connectivity index (χ0) is 12.8. The molecule has 0 aromatic carbocycles. The van der Waals surface area contributed by atoms with E-state index in [1.165, 1.54) is 25.0 Å². The van der Waals surface area contributed by atoms with Crippen LogP contribution in [0.2, 0.25) is 0 Å². The summed E-state index contributed by atoms with van der Waals surface area (Å²) in [6.07, 6.45) is 5.79. The third-order valence-electron chi connectivity index (χ3n) is 2.03. The van der Waals surface area contributed by atoms with Gasteiger partial charge in [-0.25, -0.2) is 0 Å². The van der Waals surface area contributed by atoms with Crippen LogP contribution in [0.3, 0.4) is 0 Å². The molecule has 0 N–H and O–H groups in total. The molecule has 0 spiro atoms. The molecule has 0 aromatic heterocycles. The van der Waals surface area contributed by atoms with Crippen molar-refractivity contribution in [3.8, 4) is 0 Å². The summed E-state index contributed by atoms with van der Waals surface area (Å²) in [5, 5.41) is 0.877. The molecule has 1 aliphatic rings. The van der Waals surface area contributed by atoms with Crippen LogP contribution in [0.4, 0.5) is 0 Å². The van der Waals surface area contributed by atoms with Gasteiger partial charge in [0.25, 0.3) is 0 Å². The molecular formula is C13H28OS2. The molecule has 1 nitrogen and oxygen atoms in total. The van der Waals surface area contributed by atoms with Crippen molar-refractivity contribution in [3.05, 3.63) is 0 Å². The molecule has 0 amide bonds. The number of carbonyl (C=O) groups is 1. The van der Waals surface area contributed by atoms with Gasteiger partial charge in [-0.15, -0.1) is 0 Å². The third-order valence-corrected chi connectivity index (χ3v) is 5.04. The van der Waals surface area contributed by atoms with Crippen LogP contribution >= 0.6 is 21.6 Å². The minimum Gasteiger partial charge on any atom is -0.300 e. The number of ketones is 1. The van der Waals surface area contributed by atoms with Gasteiger partial charge >= 0.3 is 0 Å². The molecular weight excluding hydrogens is 236 g/mol. The van der Waals surface area contributed by atoms with Gasteiger partial charge in [0.05, 0.1) is 0 Å². The first-order valence-electron chi connectivity index (χ1n) is 6.57.